The lowest BCUT2D eigenvalue weighted by molar-refractivity contribution is 0.189. The van der Waals surface area contributed by atoms with Crippen molar-refractivity contribution in [2.24, 2.45) is 0 Å². The second-order valence-corrected chi connectivity index (χ2v) is 5.13. The third-order valence-electron chi connectivity index (χ3n) is 4.19. The molecule has 1 aromatic carbocycles. The molecule has 0 saturated carbocycles. The highest BCUT2D eigenvalue weighted by atomic mass is 15.3. The van der Waals surface area contributed by atoms with Gasteiger partial charge in [0.1, 0.15) is 0 Å². The van der Waals surface area contributed by atoms with Crippen LogP contribution in [0, 0.1) is 0 Å². The Morgan fingerprint density at radius 1 is 1.33 bits per heavy atom. The average molecular weight is 240 g/mol. The van der Waals surface area contributed by atoms with E-state index in [1.165, 1.54) is 23.2 Å². The Bertz CT molecular complexity index is 478. The molecule has 2 heterocycles. The van der Waals surface area contributed by atoms with Gasteiger partial charge in [0.15, 0.2) is 0 Å². The van der Waals surface area contributed by atoms with Crippen molar-refractivity contribution < 1.29 is 0 Å². The van der Waals surface area contributed by atoms with Crippen molar-refractivity contribution in [3.8, 4) is 0 Å². The predicted molar refractivity (Wildman–Crippen MR) is 76.1 cm³/mol. The Kier molecular flexibility index (Phi) is 2.96. The number of nitrogens with one attached hydrogen (secondary N) is 1. The Labute approximate surface area is 109 Å². The fourth-order valence-electron chi connectivity index (χ4n) is 3.29. The van der Waals surface area contributed by atoms with Gasteiger partial charge in [0, 0.05) is 24.8 Å². The highest BCUT2D eigenvalue weighted by Crippen LogP contribution is 2.37. The van der Waals surface area contributed by atoms with Crippen LogP contribution in [-0.4, -0.2) is 24.0 Å². The second kappa shape index (κ2) is 4.62. The summed E-state index contributed by atoms with van der Waals surface area (Å²) in [6, 6.07) is 9.53. The largest absolute Gasteiger partial charge is 0.369 e. The van der Waals surface area contributed by atoms with E-state index in [0.29, 0.717) is 12.1 Å². The summed E-state index contributed by atoms with van der Waals surface area (Å²) in [6.45, 7) is 10.2. The van der Waals surface area contributed by atoms with E-state index in [4.69, 9.17) is 0 Å². The van der Waals surface area contributed by atoms with Gasteiger partial charge in [-0.15, -0.1) is 0 Å². The molecule has 3 rings (SSSR count). The first-order valence-corrected chi connectivity index (χ1v) is 6.70. The molecule has 2 aliphatic heterocycles. The van der Waals surface area contributed by atoms with Crippen LogP contribution in [0.15, 0.2) is 43.1 Å². The summed E-state index contributed by atoms with van der Waals surface area (Å²) >= 11 is 0. The lowest BCUT2D eigenvalue weighted by atomic mass is 9.92. The number of nitrogens with zero attached hydrogens (tertiary/aromatic N) is 1. The van der Waals surface area contributed by atoms with E-state index in [9.17, 15) is 0 Å². The normalized spacial score (nSPS) is 27.1. The van der Waals surface area contributed by atoms with Crippen LogP contribution in [-0.2, 0) is 0 Å². The summed E-state index contributed by atoms with van der Waals surface area (Å²) in [5.41, 5.74) is 3.92. The Balaban J connectivity index is 1.96. The van der Waals surface area contributed by atoms with Crippen molar-refractivity contribution in [2.45, 2.75) is 24.9 Å². The van der Waals surface area contributed by atoms with E-state index < -0.39 is 0 Å². The number of benzene rings is 1. The molecule has 2 nitrogen and oxygen atoms in total. The van der Waals surface area contributed by atoms with Crippen molar-refractivity contribution >= 4 is 6.08 Å². The molecule has 0 aliphatic carbocycles. The summed E-state index contributed by atoms with van der Waals surface area (Å²) in [6.07, 6.45) is 4.31. The fraction of sp³-hybridized carbons (Fsp3) is 0.375. The van der Waals surface area contributed by atoms with Gasteiger partial charge in [-0.05, 0) is 24.0 Å². The molecule has 94 valence electrons. The topological polar surface area (TPSA) is 15.3 Å². The van der Waals surface area contributed by atoms with Gasteiger partial charge >= 0.3 is 0 Å². The molecule has 18 heavy (non-hydrogen) atoms. The Hall–Kier alpha value is -1.54. The number of piperazine rings is 1. The van der Waals surface area contributed by atoms with Crippen molar-refractivity contribution in [3.05, 3.63) is 54.2 Å². The van der Waals surface area contributed by atoms with Gasteiger partial charge in [0.05, 0.1) is 6.04 Å². The lowest BCUT2D eigenvalue weighted by Crippen LogP contribution is -2.49. The van der Waals surface area contributed by atoms with E-state index in [-0.39, 0.29) is 0 Å². The number of fused-ring (bicyclic) bond motifs is 1. The van der Waals surface area contributed by atoms with E-state index in [0.717, 1.165) is 19.5 Å². The number of hydrogen-bond acceptors (Lipinski definition) is 2. The minimum absolute atomic E-state index is 0.409. The standard InChI is InChI=1S/C16H20N2/c1-3-13-6-4-5-7-14(13)16-15-9-8-12(2)18(15)11-10-17-16/h3-7,15-17H,1-2,8-11H2/t15-,16-/m0/s1. The van der Waals surface area contributed by atoms with Gasteiger partial charge in [0.25, 0.3) is 0 Å². The van der Waals surface area contributed by atoms with Gasteiger partial charge in [0.2, 0.25) is 0 Å². The van der Waals surface area contributed by atoms with E-state index in [2.05, 4.69) is 47.6 Å². The first-order chi connectivity index (χ1) is 8.81. The quantitative estimate of drug-likeness (QED) is 0.855. The van der Waals surface area contributed by atoms with Crippen LogP contribution in [0.4, 0.5) is 0 Å². The molecule has 1 aromatic rings. The summed E-state index contributed by atoms with van der Waals surface area (Å²) in [5.74, 6) is 0. The predicted octanol–water partition coefficient (Wildman–Crippen LogP) is 2.95. The van der Waals surface area contributed by atoms with Gasteiger partial charge in [-0.1, -0.05) is 43.5 Å². The molecule has 2 aliphatic rings. The SMILES string of the molecule is C=Cc1ccccc1[C@@H]1NCCN2C(=C)CC[C@@H]12. The monoisotopic (exact) mass is 240 g/mol. The average Bonchev–Trinajstić information content (AvgIpc) is 2.81. The van der Waals surface area contributed by atoms with E-state index in [1.807, 2.05) is 6.08 Å². The van der Waals surface area contributed by atoms with E-state index >= 15 is 0 Å². The van der Waals surface area contributed by atoms with E-state index in [1.54, 1.807) is 0 Å². The zero-order valence-corrected chi connectivity index (χ0v) is 10.7. The maximum absolute atomic E-state index is 4.19. The summed E-state index contributed by atoms with van der Waals surface area (Å²) in [5, 5.41) is 3.67. The zero-order valence-electron chi connectivity index (χ0n) is 10.7. The maximum Gasteiger partial charge on any atom is 0.0533 e. The zero-order chi connectivity index (χ0) is 12.5. The molecule has 0 amide bonds. The van der Waals surface area contributed by atoms with Crippen LogP contribution < -0.4 is 5.32 Å². The first kappa shape index (κ1) is 11.5. The Morgan fingerprint density at radius 2 is 2.17 bits per heavy atom. The Morgan fingerprint density at radius 3 is 3.00 bits per heavy atom. The van der Waals surface area contributed by atoms with Crippen LogP contribution in [0.1, 0.15) is 30.0 Å². The van der Waals surface area contributed by atoms with Crippen molar-refractivity contribution in [3.63, 3.8) is 0 Å². The number of hydrogen-bond donors (Lipinski definition) is 1. The summed E-state index contributed by atoms with van der Waals surface area (Å²) in [7, 11) is 0. The maximum atomic E-state index is 4.19. The molecule has 2 fully saturated rings. The first-order valence-electron chi connectivity index (χ1n) is 6.70. The minimum Gasteiger partial charge on any atom is -0.369 e. The van der Waals surface area contributed by atoms with Gasteiger partial charge in [-0.3, -0.25) is 0 Å². The molecular formula is C16H20N2. The number of allylic oxidation sites excluding steroid dienone is 1. The third kappa shape index (κ3) is 1.77. The highest BCUT2D eigenvalue weighted by Gasteiger charge is 2.37. The molecule has 0 radical (unpaired) electrons. The molecular weight excluding hydrogens is 220 g/mol. The number of rotatable bonds is 2. The van der Waals surface area contributed by atoms with Crippen molar-refractivity contribution in [1.29, 1.82) is 0 Å². The highest BCUT2D eigenvalue weighted by molar-refractivity contribution is 5.53. The van der Waals surface area contributed by atoms with Crippen LogP contribution in [0.25, 0.3) is 6.08 Å². The fourth-order valence-corrected chi connectivity index (χ4v) is 3.29. The molecule has 2 saturated heterocycles. The molecule has 0 bridgehead atoms. The van der Waals surface area contributed by atoms with Crippen LogP contribution in [0.3, 0.4) is 0 Å². The second-order valence-electron chi connectivity index (χ2n) is 5.13. The molecule has 0 unspecified atom stereocenters. The van der Waals surface area contributed by atoms with Gasteiger partial charge < -0.3 is 10.2 Å². The molecule has 2 atom stereocenters. The third-order valence-corrected chi connectivity index (χ3v) is 4.19. The summed E-state index contributed by atoms with van der Waals surface area (Å²) < 4.78 is 0. The summed E-state index contributed by atoms with van der Waals surface area (Å²) in [4.78, 5) is 2.49. The molecule has 2 heteroatoms. The van der Waals surface area contributed by atoms with Crippen LogP contribution >= 0.6 is 0 Å². The van der Waals surface area contributed by atoms with Crippen LogP contribution in [0.5, 0.6) is 0 Å². The van der Waals surface area contributed by atoms with Gasteiger partial charge in [-0.25, -0.2) is 0 Å². The van der Waals surface area contributed by atoms with Gasteiger partial charge in [-0.2, -0.15) is 0 Å². The molecule has 1 N–H and O–H groups in total. The molecule has 0 aromatic heterocycles. The lowest BCUT2D eigenvalue weighted by Gasteiger charge is -2.40. The van der Waals surface area contributed by atoms with Crippen LogP contribution in [0.2, 0.25) is 0 Å². The molecule has 0 spiro atoms. The smallest absolute Gasteiger partial charge is 0.0533 e. The minimum atomic E-state index is 0.409. The van der Waals surface area contributed by atoms with Crippen molar-refractivity contribution in [1.82, 2.24) is 10.2 Å². The van der Waals surface area contributed by atoms with Crippen molar-refractivity contribution in [2.75, 3.05) is 13.1 Å².